The molecule has 0 saturated carbocycles. The molecule has 0 bridgehead atoms. The monoisotopic (exact) mass is 445 g/mol. The standard InChI is InChI=1S/C26H27N3O2S/c1-2-12-28-13-14-29(25(30)17-21-5-3-11-27-18-21)19-23(26(28)31)16-20-7-9-22(10-8-20)24-6-4-15-32-24/h2-11,15,18,23H,1,12-14,16-17,19H2/t23-/m0/s1. The van der Waals surface area contributed by atoms with E-state index in [4.69, 9.17) is 0 Å². The molecule has 1 fully saturated rings. The van der Waals surface area contributed by atoms with Gasteiger partial charge in [0.1, 0.15) is 0 Å². The van der Waals surface area contributed by atoms with Gasteiger partial charge in [-0.25, -0.2) is 0 Å². The van der Waals surface area contributed by atoms with E-state index in [9.17, 15) is 9.59 Å². The van der Waals surface area contributed by atoms with Gasteiger partial charge in [0.2, 0.25) is 11.8 Å². The molecule has 2 amide bonds. The first-order valence-corrected chi connectivity index (χ1v) is 11.7. The summed E-state index contributed by atoms with van der Waals surface area (Å²) in [7, 11) is 0. The van der Waals surface area contributed by atoms with Gasteiger partial charge in [-0.15, -0.1) is 17.9 Å². The molecule has 0 spiro atoms. The Kier molecular flexibility index (Phi) is 7.12. The number of carbonyl (C=O) groups excluding carboxylic acids is 2. The highest BCUT2D eigenvalue weighted by molar-refractivity contribution is 7.13. The molecule has 1 aliphatic rings. The average Bonchev–Trinajstić information content (AvgIpc) is 3.31. The summed E-state index contributed by atoms with van der Waals surface area (Å²) in [5.74, 6) is -0.156. The molecule has 0 radical (unpaired) electrons. The molecule has 1 atom stereocenters. The normalized spacial score (nSPS) is 16.6. The number of pyridine rings is 1. The molecule has 0 N–H and O–H groups in total. The van der Waals surface area contributed by atoms with Crippen molar-refractivity contribution in [2.75, 3.05) is 26.2 Å². The van der Waals surface area contributed by atoms with E-state index in [0.29, 0.717) is 39.0 Å². The number of benzene rings is 1. The number of amides is 2. The zero-order chi connectivity index (χ0) is 22.3. The minimum atomic E-state index is -0.275. The van der Waals surface area contributed by atoms with Crippen molar-refractivity contribution in [1.82, 2.24) is 14.8 Å². The number of thiophene rings is 1. The van der Waals surface area contributed by atoms with Crippen LogP contribution in [0.1, 0.15) is 11.1 Å². The highest BCUT2D eigenvalue weighted by Gasteiger charge is 2.31. The van der Waals surface area contributed by atoms with Crippen molar-refractivity contribution in [1.29, 1.82) is 0 Å². The summed E-state index contributed by atoms with van der Waals surface area (Å²) in [6.45, 7) is 5.78. The number of hydrogen-bond donors (Lipinski definition) is 0. The minimum Gasteiger partial charge on any atom is -0.340 e. The third-order valence-electron chi connectivity index (χ3n) is 5.76. The van der Waals surface area contributed by atoms with Crippen molar-refractivity contribution in [3.05, 3.63) is 90.1 Å². The van der Waals surface area contributed by atoms with Crippen LogP contribution in [0.25, 0.3) is 10.4 Å². The van der Waals surface area contributed by atoms with E-state index in [1.807, 2.05) is 28.0 Å². The Morgan fingerprint density at radius 2 is 1.97 bits per heavy atom. The van der Waals surface area contributed by atoms with Crippen molar-refractivity contribution >= 4 is 23.2 Å². The van der Waals surface area contributed by atoms with Crippen LogP contribution in [-0.2, 0) is 22.4 Å². The van der Waals surface area contributed by atoms with Gasteiger partial charge >= 0.3 is 0 Å². The van der Waals surface area contributed by atoms with E-state index in [2.05, 4.69) is 47.3 Å². The minimum absolute atomic E-state index is 0.0318. The van der Waals surface area contributed by atoms with Crippen molar-refractivity contribution in [3.8, 4) is 10.4 Å². The van der Waals surface area contributed by atoms with Crippen molar-refractivity contribution in [2.45, 2.75) is 12.8 Å². The number of rotatable bonds is 7. The zero-order valence-electron chi connectivity index (χ0n) is 18.0. The summed E-state index contributed by atoms with van der Waals surface area (Å²) >= 11 is 1.71. The predicted molar refractivity (Wildman–Crippen MR) is 128 cm³/mol. The van der Waals surface area contributed by atoms with Gasteiger partial charge in [-0.1, -0.05) is 42.5 Å². The summed E-state index contributed by atoms with van der Waals surface area (Å²) in [5, 5.41) is 2.07. The highest BCUT2D eigenvalue weighted by Crippen LogP contribution is 2.26. The average molecular weight is 446 g/mol. The number of carbonyl (C=O) groups is 2. The SMILES string of the molecule is C=CCN1CCN(C(=O)Cc2cccnc2)C[C@H](Cc2ccc(-c3cccs3)cc2)C1=O. The third-order valence-corrected chi connectivity index (χ3v) is 6.68. The second-order valence-corrected chi connectivity index (χ2v) is 8.97. The van der Waals surface area contributed by atoms with E-state index in [1.165, 1.54) is 10.4 Å². The Hall–Kier alpha value is -3.25. The highest BCUT2D eigenvalue weighted by atomic mass is 32.1. The summed E-state index contributed by atoms with van der Waals surface area (Å²) in [6.07, 6.45) is 6.07. The zero-order valence-corrected chi connectivity index (χ0v) is 18.8. The van der Waals surface area contributed by atoms with Gasteiger partial charge in [-0.3, -0.25) is 14.6 Å². The summed E-state index contributed by atoms with van der Waals surface area (Å²) < 4.78 is 0. The third kappa shape index (κ3) is 5.32. The van der Waals surface area contributed by atoms with Crippen LogP contribution in [0.15, 0.2) is 79.0 Å². The molecule has 1 aromatic carbocycles. The van der Waals surface area contributed by atoms with Crippen LogP contribution >= 0.6 is 11.3 Å². The molecule has 164 valence electrons. The van der Waals surface area contributed by atoms with Crippen molar-refractivity contribution in [2.24, 2.45) is 5.92 Å². The maximum atomic E-state index is 13.3. The quantitative estimate of drug-likeness (QED) is 0.515. The van der Waals surface area contributed by atoms with E-state index in [1.54, 1.807) is 29.8 Å². The van der Waals surface area contributed by atoms with Gasteiger partial charge in [0.25, 0.3) is 0 Å². The molecule has 2 aromatic heterocycles. The van der Waals surface area contributed by atoms with Gasteiger partial charge < -0.3 is 9.80 Å². The van der Waals surface area contributed by atoms with Gasteiger partial charge in [0, 0.05) is 43.4 Å². The Bertz CT molecular complexity index is 1050. The summed E-state index contributed by atoms with van der Waals surface area (Å²) in [5.41, 5.74) is 3.16. The van der Waals surface area contributed by atoms with Gasteiger partial charge in [-0.2, -0.15) is 0 Å². The molecular weight excluding hydrogens is 418 g/mol. The Labute approximate surface area is 193 Å². The molecule has 0 aliphatic carbocycles. The summed E-state index contributed by atoms with van der Waals surface area (Å²) in [6, 6.07) is 16.3. The second-order valence-electron chi connectivity index (χ2n) is 8.03. The smallest absolute Gasteiger partial charge is 0.228 e. The largest absolute Gasteiger partial charge is 0.340 e. The van der Waals surface area contributed by atoms with Crippen LogP contribution < -0.4 is 0 Å². The van der Waals surface area contributed by atoms with Crippen LogP contribution in [0, 0.1) is 5.92 Å². The van der Waals surface area contributed by atoms with E-state index >= 15 is 0 Å². The maximum absolute atomic E-state index is 13.3. The molecule has 3 heterocycles. The topological polar surface area (TPSA) is 53.5 Å². The summed E-state index contributed by atoms with van der Waals surface area (Å²) in [4.78, 5) is 35.2. The molecule has 4 rings (SSSR count). The first kappa shape index (κ1) is 22.0. The number of aromatic nitrogens is 1. The molecule has 32 heavy (non-hydrogen) atoms. The van der Waals surface area contributed by atoms with Crippen molar-refractivity contribution in [3.63, 3.8) is 0 Å². The lowest BCUT2D eigenvalue weighted by Gasteiger charge is -2.24. The van der Waals surface area contributed by atoms with Crippen molar-refractivity contribution < 1.29 is 9.59 Å². The van der Waals surface area contributed by atoms with Crippen LogP contribution in [0.3, 0.4) is 0 Å². The Morgan fingerprint density at radius 3 is 2.66 bits per heavy atom. The number of nitrogens with zero attached hydrogens (tertiary/aromatic N) is 3. The molecule has 5 nitrogen and oxygen atoms in total. The lowest BCUT2D eigenvalue weighted by Crippen LogP contribution is -2.38. The molecule has 0 unspecified atom stereocenters. The molecule has 3 aromatic rings. The van der Waals surface area contributed by atoms with E-state index < -0.39 is 0 Å². The van der Waals surface area contributed by atoms with Gasteiger partial charge in [0.05, 0.1) is 12.3 Å². The first-order chi connectivity index (χ1) is 15.6. The van der Waals surface area contributed by atoms with Gasteiger partial charge in [0.15, 0.2) is 0 Å². The Balaban J connectivity index is 1.50. The van der Waals surface area contributed by atoms with Crippen LogP contribution in [-0.4, -0.2) is 52.8 Å². The first-order valence-electron chi connectivity index (χ1n) is 10.8. The lowest BCUT2D eigenvalue weighted by molar-refractivity contribution is -0.134. The van der Waals surface area contributed by atoms with Gasteiger partial charge in [-0.05, 0) is 40.6 Å². The lowest BCUT2D eigenvalue weighted by atomic mass is 9.96. The van der Waals surface area contributed by atoms with Crippen LogP contribution in [0.2, 0.25) is 0 Å². The fourth-order valence-electron chi connectivity index (χ4n) is 4.08. The molecule has 1 saturated heterocycles. The van der Waals surface area contributed by atoms with E-state index in [0.717, 1.165) is 11.1 Å². The fourth-order valence-corrected chi connectivity index (χ4v) is 4.82. The maximum Gasteiger partial charge on any atom is 0.228 e. The van der Waals surface area contributed by atoms with Crippen LogP contribution in [0.4, 0.5) is 0 Å². The van der Waals surface area contributed by atoms with Crippen LogP contribution in [0.5, 0.6) is 0 Å². The fraction of sp³-hybridized carbons (Fsp3) is 0.269. The predicted octanol–water partition coefficient (Wildman–Crippen LogP) is 4.07. The Morgan fingerprint density at radius 1 is 1.12 bits per heavy atom. The van der Waals surface area contributed by atoms with E-state index in [-0.39, 0.29) is 17.7 Å². The molecular formula is C26H27N3O2S. The number of hydrogen-bond acceptors (Lipinski definition) is 4. The molecule has 6 heteroatoms. The molecule has 1 aliphatic heterocycles. The second kappa shape index (κ2) is 10.4.